The molecule has 0 rings (SSSR count). The molecule has 68 valence electrons. The van der Waals surface area contributed by atoms with E-state index in [9.17, 15) is 0 Å². The molecule has 0 aromatic carbocycles. The summed E-state index contributed by atoms with van der Waals surface area (Å²) in [4.78, 5) is 5.44. The van der Waals surface area contributed by atoms with Crippen molar-refractivity contribution in [2.24, 2.45) is 0 Å². The molecule has 0 saturated heterocycles. The van der Waals surface area contributed by atoms with Crippen LogP contribution in [0.5, 0.6) is 0 Å². The van der Waals surface area contributed by atoms with Crippen LogP contribution in [0.15, 0.2) is 0 Å². The number of hydrogen-bond donors (Lipinski definition) is 0. The van der Waals surface area contributed by atoms with E-state index in [1.54, 1.807) is 7.11 Å². The second-order valence-electron chi connectivity index (χ2n) is 3.53. The Kier molecular flexibility index (Phi) is 4.69. The van der Waals surface area contributed by atoms with Gasteiger partial charge in [0, 0.05) is 0 Å². The van der Waals surface area contributed by atoms with Gasteiger partial charge in [0.2, 0.25) is 0 Å². The first kappa shape index (κ1) is 10.9. The molecule has 1 unspecified atom stereocenters. The number of quaternary nitrogens is 1. The first-order valence-electron chi connectivity index (χ1n) is 4.47. The van der Waals surface area contributed by atoms with Crippen molar-refractivity contribution in [3.63, 3.8) is 0 Å². The Bertz CT molecular complexity index is 104. The normalized spacial score (nSPS) is 16.9. The predicted octanol–water partition coefficient (Wildman–Crippen LogP) is 2.20. The molecule has 0 aromatic heterocycles. The Morgan fingerprint density at radius 3 is 2.18 bits per heavy atom. The molecule has 0 N–H and O–H groups in total. The average Bonchev–Trinajstić information content (AvgIpc) is 2.00. The molecule has 0 radical (unpaired) electrons. The van der Waals surface area contributed by atoms with E-state index < -0.39 is 0 Å². The standard InChI is InChI=1S/C9H22NO/c1-6-7-8-10(4,11-5)9(2)3/h9H,6-8H2,1-5H3/q+1. The quantitative estimate of drug-likeness (QED) is 0.442. The maximum Gasteiger partial charge on any atom is 0.113 e. The Hall–Kier alpha value is -0.0800. The molecule has 0 aliphatic heterocycles. The monoisotopic (exact) mass is 160 g/mol. The van der Waals surface area contributed by atoms with Crippen molar-refractivity contribution in [3.05, 3.63) is 0 Å². The molecule has 2 heteroatoms. The SMILES string of the molecule is CCCC[N+](C)(OC)C(C)C. The van der Waals surface area contributed by atoms with E-state index in [1.165, 1.54) is 12.8 Å². The molecule has 0 aliphatic rings. The van der Waals surface area contributed by atoms with Crippen LogP contribution in [-0.4, -0.2) is 31.4 Å². The topological polar surface area (TPSA) is 9.23 Å². The maximum absolute atomic E-state index is 5.44. The van der Waals surface area contributed by atoms with Crippen molar-refractivity contribution in [3.8, 4) is 0 Å². The Morgan fingerprint density at radius 1 is 1.36 bits per heavy atom. The van der Waals surface area contributed by atoms with Crippen molar-refractivity contribution in [2.45, 2.75) is 39.7 Å². The molecule has 0 heterocycles. The van der Waals surface area contributed by atoms with Crippen molar-refractivity contribution in [1.82, 2.24) is 0 Å². The summed E-state index contributed by atoms with van der Waals surface area (Å²) in [5, 5.41) is 0. The van der Waals surface area contributed by atoms with E-state index in [-0.39, 0.29) is 0 Å². The van der Waals surface area contributed by atoms with Crippen LogP contribution in [-0.2, 0) is 4.84 Å². The van der Waals surface area contributed by atoms with Gasteiger partial charge >= 0.3 is 0 Å². The lowest BCUT2D eigenvalue weighted by Gasteiger charge is -2.33. The number of rotatable bonds is 5. The molecule has 2 nitrogen and oxygen atoms in total. The fraction of sp³-hybridized carbons (Fsp3) is 1.00. The lowest BCUT2D eigenvalue weighted by molar-refractivity contribution is -1.10. The minimum atomic E-state index is 0.548. The molecule has 0 aliphatic carbocycles. The molecule has 0 aromatic rings. The van der Waals surface area contributed by atoms with Gasteiger partial charge in [-0.05, 0) is 20.3 Å². The van der Waals surface area contributed by atoms with Crippen molar-refractivity contribution in [2.75, 3.05) is 20.7 Å². The fourth-order valence-electron chi connectivity index (χ4n) is 1.03. The second kappa shape index (κ2) is 4.73. The van der Waals surface area contributed by atoms with Crippen LogP contribution in [0.25, 0.3) is 0 Å². The van der Waals surface area contributed by atoms with Crippen molar-refractivity contribution >= 4 is 0 Å². The summed E-state index contributed by atoms with van der Waals surface area (Å²) in [6, 6.07) is 0.548. The molecule has 0 amide bonds. The van der Waals surface area contributed by atoms with Crippen LogP contribution < -0.4 is 0 Å². The zero-order valence-electron chi connectivity index (χ0n) is 8.55. The summed E-state index contributed by atoms with van der Waals surface area (Å²) < 4.78 is 0.730. The van der Waals surface area contributed by atoms with E-state index in [0.717, 1.165) is 11.2 Å². The number of unbranched alkanes of at least 4 members (excludes halogenated alkanes) is 1. The lowest BCUT2D eigenvalue weighted by atomic mass is 10.2. The molecule has 11 heavy (non-hydrogen) atoms. The third kappa shape index (κ3) is 3.21. The van der Waals surface area contributed by atoms with Gasteiger partial charge in [-0.25, -0.2) is 4.84 Å². The van der Waals surface area contributed by atoms with E-state index in [4.69, 9.17) is 4.84 Å². The minimum absolute atomic E-state index is 0.548. The zero-order valence-corrected chi connectivity index (χ0v) is 8.55. The average molecular weight is 160 g/mol. The van der Waals surface area contributed by atoms with E-state index in [1.807, 2.05) is 0 Å². The van der Waals surface area contributed by atoms with Gasteiger partial charge in [-0.3, -0.25) is 0 Å². The lowest BCUT2D eigenvalue weighted by Crippen LogP contribution is -2.49. The highest BCUT2D eigenvalue weighted by Crippen LogP contribution is 2.11. The summed E-state index contributed by atoms with van der Waals surface area (Å²) in [5.41, 5.74) is 0. The van der Waals surface area contributed by atoms with E-state index in [0.29, 0.717) is 6.04 Å². The Morgan fingerprint density at radius 2 is 1.91 bits per heavy atom. The molecular formula is C9H22NO+. The van der Waals surface area contributed by atoms with Crippen LogP contribution >= 0.6 is 0 Å². The van der Waals surface area contributed by atoms with E-state index >= 15 is 0 Å². The van der Waals surface area contributed by atoms with Crippen LogP contribution in [0.2, 0.25) is 0 Å². The van der Waals surface area contributed by atoms with Crippen LogP contribution in [0.4, 0.5) is 0 Å². The highest BCUT2D eigenvalue weighted by Gasteiger charge is 2.25. The van der Waals surface area contributed by atoms with Gasteiger partial charge in [0.15, 0.2) is 0 Å². The summed E-state index contributed by atoms with van der Waals surface area (Å²) in [6.07, 6.45) is 2.48. The van der Waals surface area contributed by atoms with Crippen LogP contribution in [0.3, 0.4) is 0 Å². The van der Waals surface area contributed by atoms with E-state index in [2.05, 4.69) is 27.8 Å². The van der Waals surface area contributed by atoms with Gasteiger partial charge in [0.25, 0.3) is 0 Å². The first-order valence-corrected chi connectivity index (χ1v) is 4.47. The fourth-order valence-corrected chi connectivity index (χ4v) is 1.03. The van der Waals surface area contributed by atoms with Gasteiger partial charge in [-0.15, -0.1) is 0 Å². The van der Waals surface area contributed by atoms with Crippen LogP contribution in [0.1, 0.15) is 33.6 Å². The van der Waals surface area contributed by atoms with Gasteiger partial charge in [0.1, 0.15) is 12.6 Å². The van der Waals surface area contributed by atoms with Crippen molar-refractivity contribution < 1.29 is 9.48 Å². The number of nitrogens with zero attached hydrogens (tertiary/aromatic N) is 1. The highest BCUT2D eigenvalue weighted by atomic mass is 16.7. The molecule has 0 bridgehead atoms. The van der Waals surface area contributed by atoms with Gasteiger partial charge in [-0.2, -0.15) is 4.65 Å². The smallest absolute Gasteiger partial charge is 0.113 e. The highest BCUT2D eigenvalue weighted by molar-refractivity contribution is 4.38. The van der Waals surface area contributed by atoms with Crippen LogP contribution in [0, 0.1) is 0 Å². The van der Waals surface area contributed by atoms with Gasteiger partial charge in [-0.1, -0.05) is 13.3 Å². The summed E-state index contributed by atoms with van der Waals surface area (Å²) >= 11 is 0. The third-order valence-electron chi connectivity index (χ3n) is 2.47. The summed E-state index contributed by atoms with van der Waals surface area (Å²) in [7, 11) is 3.93. The maximum atomic E-state index is 5.44. The third-order valence-corrected chi connectivity index (χ3v) is 2.47. The molecule has 1 atom stereocenters. The summed E-state index contributed by atoms with van der Waals surface area (Å²) in [6.45, 7) is 7.71. The van der Waals surface area contributed by atoms with Crippen molar-refractivity contribution in [1.29, 1.82) is 0 Å². The first-order chi connectivity index (χ1) is 5.06. The minimum Gasteiger partial charge on any atom is -0.206 e. The Balaban J connectivity index is 3.88. The Labute approximate surface area is 70.7 Å². The van der Waals surface area contributed by atoms with Gasteiger partial charge < -0.3 is 0 Å². The molecule has 0 fully saturated rings. The number of hydrogen-bond acceptors (Lipinski definition) is 1. The second-order valence-corrected chi connectivity index (χ2v) is 3.53. The number of hydroxylamine groups is 3. The predicted molar refractivity (Wildman–Crippen MR) is 48.1 cm³/mol. The summed E-state index contributed by atoms with van der Waals surface area (Å²) in [5.74, 6) is 0. The molecule has 0 saturated carbocycles. The van der Waals surface area contributed by atoms with Gasteiger partial charge in [0.05, 0.1) is 14.2 Å². The largest absolute Gasteiger partial charge is 0.206 e. The molecular weight excluding hydrogens is 138 g/mol. The molecule has 0 spiro atoms. The zero-order chi connectivity index (χ0) is 8.91.